The largest absolute Gasteiger partial charge is 0.378 e. The fraction of sp³-hybridized carbons (Fsp3) is 0.280. The van der Waals surface area contributed by atoms with Crippen LogP contribution in [0.3, 0.4) is 0 Å². The summed E-state index contributed by atoms with van der Waals surface area (Å²) in [4.78, 5) is 37.1. The van der Waals surface area contributed by atoms with Crippen LogP contribution in [0.15, 0.2) is 69.5 Å². The number of nitrogens with one attached hydrogen (secondary N) is 1. The normalized spacial score (nSPS) is 16.4. The molecule has 36 heavy (non-hydrogen) atoms. The van der Waals surface area contributed by atoms with Gasteiger partial charge in [0.1, 0.15) is 18.2 Å². The zero-order valence-electron chi connectivity index (χ0n) is 19.7. The van der Waals surface area contributed by atoms with Crippen LogP contribution in [0.1, 0.15) is 5.56 Å². The molecule has 2 aliphatic heterocycles. The smallest absolute Gasteiger partial charge is 0.265 e. The number of amides is 2. The molecule has 0 saturated carbocycles. The van der Waals surface area contributed by atoms with Crippen LogP contribution < -0.4 is 10.2 Å². The summed E-state index contributed by atoms with van der Waals surface area (Å²) in [6.07, 6.45) is 1.81. The van der Waals surface area contributed by atoms with Crippen LogP contribution in [-0.2, 0) is 19.1 Å². The lowest BCUT2D eigenvalue weighted by Gasteiger charge is -2.28. The van der Waals surface area contributed by atoms with Crippen LogP contribution in [0.25, 0.3) is 0 Å². The first-order valence-corrected chi connectivity index (χ1v) is 13.1. The number of carbonyl (C=O) groups is 2. The van der Waals surface area contributed by atoms with Crippen LogP contribution in [0.5, 0.6) is 0 Å². The molecule has 2 aliphatic rings. The van der Waals surface area contributed by atoms with Crippen molar-refractivity contribution in [1.82, 2.24) is 14.3 Å². The molecule has 2 amide bonds. The molecule has 2 aromatic carbocycles. The lowest BCUT2D eigenvalue weighted by Crippen LogP contribution is -2.41. The number of rotatable bonds is 7. The standard InChI is InChI=1S/C25H25N5O4S2/c1-17-14-26-25(27-18-2-4-19(5-3-18)29-10-12-33-13-11-29)28-24(17)35-20-6-8-21(9-7-20)36-30-22(31)15-34-16-23(30)32/h2-9,14H,10-13,15-16H2,1H3,(H,26,27,28). The van der Waals surface area contributed by atoms with Crippen molar-refractivity contribution in [3.05, 3.63) is 60.3 Å². The number of anilines is 3. The zero-order chi connectivity index (χ0) is 24.9. The van der Waals surface area contributed by atoms with Crippen LogP contribution in [0.2, 0.25) is 0 Å². The average molecular weight is 524 g/mol. The zero-order valence-corrected chi connectivity index (χ0v) is 21.3. The quantitative estimate of drug-likeness (QED) is 0.279. The molecule has 3 heterocycles. The molecule has 0 spiro atoms. The molecule has 0 unspecified atom stereocenters. The Labute approximate surface area is 217 Å². The van der Waals surface area contributed by atoms with Gasteiger partial charge in [-0.3, -0.25) is 9.59 Å². The van der Waals surface area contributed by atoms with E-state index in [2.05, 4.69) is 27.3 Å². The third-order valence-electron chi connectivity index (χ3n) is 5.56. The van der Waals surface area contributed by atoms with E-state index in [1.54, 1.807) is 6.20 Å². The van der Waals surface area contributed by atoms with E-state index in [0.717, 1.165) is 68.6 Å². The Bertz CT molecular complexity index is 1220. The minimum absolute atomic E-state index is 0.0753. The van der Waals surface area contributed by atoms with Gasteiger partial charge in [-0.15, -0.1) is 0 Å². The van der Waals surface area contributed by atoms with Crippen molar-refractivity contribution in [2.24, 2.45) is 0 Å². The summed E-state index contributed by atoms with van der Waals surface area (Å²) in [5.41, 5.74) is 3.06. The van der Waals surface area contributed by atoms with E-state index in [1.165, 1.54) is 17.4 Å². The van der Waals surface area contributed by atoms with Crippen LogP contribution in [0, 0.1) is 6.92 Å². The highest BCUT2D eigenvalue weighted by atomic mass is 32.2. The number of aromatic nitrogens is 2. The average Bonchev–Trinajstić information content (AvgIpc) is 2.90. The second-order valence-corrected chi connectivity index (χ2v) is 10.3. The summed E-state index contributed by atoms with van der Waals surface area (Å²) >= 11 is 2.64. The number of nitrogens with zero attached hydrogens (tertiary/aromatic N) is 4. The molecule has 0 atom stereocenters. The number of benzene rings is 2. The summed E-state index contributed by atoms with van der Waals surface area (Å²) in [6.45, 7) is 5.14. The molecule has 0 radical (unpaired) electrons. The Kier molecular flexibility index (Phi) is 7.71. The van der Waals surface area contributed by atoms with E-state index in [4.69, 9.17) is 14.5 Å². The van der Waals surface area contributed by atoms with E-state index in [9.17, 15) is 9.59 Å². The minimum Gasteiger partial charge on any atom is -0.378 e. The Hall–Kier alpha value is -3.12. The van der Waals surface area contributed by atoms with Crippen molar-refractivity contribution < 1.29 is 19.1 Å². The first-order valence-electron chi connectivity index (χ1n) is 11.5. The van der Waals surface area contributed by atoms with Gasteiger partial charge in [-0.05, 0) is 67.4 Å². The summed E-state index contributed by atoms with van der Waals surface area (Å²) in [5, 5.41) is 4.13. The van der Waals surface area contributed by atoms with E-state index in [-0.39, 0.29) is 25.0 Å². The molecule has 2 saturated heterocycles. The molecule has 9 nitrogen and oxygen atoms in total. The molecule has 5 rings (SSSR count). The van der Waals surface area contributed by atoms with E-state index >= 15 is 0 Å². The maximum Gasteiger partial charge on any atom is 0.265 e. The highest BCUT2D eigenvalue weighted by molar-refractivity contribution is 7.99. The molecular weight excluding hydrogens is 498 g/mol. The number of ether oxygens (including phenoxy) is 2. The number of hydrogen-bond donors (Lipinski definition) is 1. The SMILES string of the molecule is Cc1cnc(Nc2ccc(N3CCOCC3)cc2)nc1Sc1ccc(SN2C(=O)COCC2=O)cc1. The third kappa shape index (κ3) is 5.98. The second kappa shape index (κ2) is 11.3. The Morgan fingerprint density at radius 1 is 0.889 bits per heavy atom. The van der Waals surface area contributed by atoms with Crippen molar-refractivity contribution >= 4 is 52.8 Å². The van der Waals surface area contributed by atoms with Crippen LogP contribution in [0.4, 0.5) is 17.3 Å². The number of aryl methyl sites for hydroxylation is 1. The van der Waals surface area contributed by atoms with Gasteiger partial charge < -0.3 is 19.7 Å². The minimum atomic E-state index is -0.345. The maximum atomic E-state index is 11.9. The van der Waals surface area contributed by atoms with Gasteiger partial charge in [-0.25, -0.2) is 14.3 Å². The van der Waals surface area contributed by atoms with Crippen molar-refractivity contribution in [2.45, 2.75) is 21.7 Å². The Morgan fingerprint density at radius 2 is 1.56 bits per heavy atom. The Balaban J connectivity index is 1.22. The van der Waals surface area contributed by atoms with Gasteiger partial charge >= 0.3 is 0 Å². The molecule has 11 heteroatoms. The molecule has 186 valence electrons. The summed E-state index contributed by atoms with van der Waals surface area (Å²) < 4.78 is 11.5. The third-order valence-corrected chi connectivity index (χ3v) is 7.75. The van der Waals surface area contributed by atoms with Gasteiger partial charge in [0.25, 0.3) is 11.8 Å². The van der Waals surface area contributed by atoms with Gasteiger partial charge in [-0.1, -0.05) is 11.8 Å². The van der Waals surface area contributed by atoms with Gasteiger partial charge in [-0.2, -0.15) is 0 Å². The molecule has 2 fully saturated rings. The monoisotopic (exact) mass is 523 g/mol. The predicted octanol–water partition coefficient (Wildman–Crippen LogP) is 3.91. The van der Waals surface area contributed by atoms with Crippen LogP contribution >= 0.6 is 23.7 Å². The number of morpholine rings is 2. The first-order chi connectivity index (χ1) is 17.5. The van der Waals surface area contributed by atoms with Crippen molar-refractivity contribution in [3.8, 4) is 0 Å². The molecule has 0 aliphatic carbocycles. The number of hydrogen-bond acceptors (Lipinski definition) is 10. The predicted molar refractivity (Wildman–Crippen MR) is 139 cm³/mol. The fourth-order valence-electron chi connectivity index (χ4n) is 3.67. The molecule has 1 aromatic heterocycles. The van der Waals surface area contributed by atoms with Gasteiger partial charge in [0.15, 0.2) is 0 Å². The topological polar surface area (TPSA) is 96.9 Å². The molecule has 3 aromatic rings. The molecule has 0 bridgehead atoms. The van der Waals surface area contributed by atoms with Crippen molar-refractivity contribution in [2.75, 3.05) is 49.7 Å². The van der Waals surface area contributed by atoms with E-state index < -0.39 is 0 Å². The van der Waals surface area contributed by atoms with E-state index in [1.807, 2.05) is 43.3 Å². The highest BCUT2D eigenvalue weighted by Gasteiger charge is 2.27. The maximum absolute atomic E-state index is 11.9. The first kappa shape index (κ1) is 24.6. The number of carbonyl (C=O) groups excluding carboxylic acids is 2. The molecular formula is C25H25N5O4S2. The lowest BCUT2D eigenvalue weighted by molar-refractivity contribution is -0.150. The van der Waals surface area contributed by atoms with E-state index in [0.29, 0.717) is 5.95 Å². The summed E-state index contributed by atoms with van der Waals surface area (Å²) in [5.74, 6) is -0.164. The van der Waals surface area contributed by atoms with Crippen molar-refractivity contribution in [3.63, 3.8) is 0 Å². The highest BCUT2D eigenvalue weighted by Crippen LogP contribution is 2.32. The second-order valence-electron chi connectivity index (χ2n) is 8.19. The summed E-state index contributed by atoms with van der Waals surface area (Å²) in [6, 6.07) is 15.9. The fourth-order valence-corrected chi connectivity index (χ4v) is 5.28. The van der Waals surface area contributed by atoms with Crippen LogP contribution in [-0.4, -0.2) is 65.6 Å². The summed E-state index contributed by atoms with van der Waals surface area (Å²) in [7, 11) is 0. The Morgan fingerprint density at radius 3 is 2.25 bits per heavy atom. The lowest BCUT2D eigenvalue weighted by atomic mass is 10.2. The molecule has 1 N–H and O–H groups in total. The number of imide groups is 1. The van der Waals surface area contributed by atoms with Gasteiger partial charge in [0, 0.05) is 46.0 Å². The van der Waals surface area contributed by atoms with Crippen molar-refractivity contribution in [1.29, 1.82) is 0 Å². The van der Waals surface area contributed by atoms with Gasteiger partial charge in [0.05, 0.1) is 13.2 Å². The van der Waals surface area contributed by atoms with Gasteiger partial charge in [0.2, 0.25) is 5.95 Å².